The fourth-order valence-corrected chi connectivity index (χ4v) is 2.41. The molecule has 0 unspecified atom stereocenters. The van der Waals surface area contributed by atoms with E-state index < -0.39 is 11.6 Å². The summed E-state index contributed by atoms with van der Waals surface area (Å²) in [5.74, 6) is -0.625. The third-order valence-electron chi connectivity index (χ3n) is 2.54. The molecule has 0 amide bonds. The lowest BCUT2D eigenvalue weighted by Crippen LogP contribution is -2.25. The minimum Gasteiger partial charge on any atom is -0.456 e. The molecule has 0 aliphatic heterocycles. The van der Waals surface area contributed by atoms with E-state index in [1.165, 1.54) is 11.3 Å². The molecule has 2 aromatic rings. The number of benzene rings is 1. The van der Waals surface area contributed by atoms with E-state index in [0.29, 0.717) is 16.0 Å². The molecule has 0 aliphatic rings. The van der Waals surface area contributed by atoms with Crippen LogP contribution >= 0.6 is 11.3 Å². The summed E-state index contributed by atoms with van der Waals surface area (Å²) in [6, 6.07) is 10.3. The van der Waals surface area contributed by atoms with E-state index in [0.717, 1.165) is 0 Å². The van der Waals surface area contributed by atoms with Crippen molar-refractivity contribution in [3.05, 3.63) is 57.8 Å². The SMILES string of the molecule is CC(C)(C)OC(=O)c1ccccc1C(=O)c1cccs1. The predicted octanol–water partition coefficient (Wildman–Crippen LogP) is 3.93. The zero-order valence-corrected chi connectivity index (χ0v) is 12.5. The first-order chi connectivity index (χ1) is 9.38. The van der Waals surface area contributed by atoms with Crippen LogP contribution in [0, 0.1) is 0 Å². The van der Waals surface area contributed by atoms with E-state index in [9.17, 15) is 9.59 Å². The monoisotopic (exact) mass is 288 g/mol. The quantitative estimate of drug-likeness (QED) is 0.635. The Bertz CT molecular complexity index is 621. The highest BCUT2D eigenvalue weighted by Crippen LogP contribution is 2.20. The van der Waals surface area contributed by atoms with E-state index in [1.54, 1.807) is 51.1 Å². The van der Waals surface area contributed by atoms with E-state index in [4.69, 9.17) is 4.74 Å². The largest absolute Gasteiger partial charge is 0.456 e. The summed E-state index contributed by atoms with van der Waals surface area (Å²) in [6.07, 6.45) is 0. The van der Waals surface area contributed by atoms with Gasteiger partial charge >= 0.3 is 5.97 Å². The topological polar surface area (TPSA) is 43.4 Å². The fraction of sp³-hybridized carbons (Fsp3) is 0.250. The second-order valence-corrected chi connectivity index (χ2v) is 6.30. The number of esters is 1. The molecule has 0 N–H and O–H groups in total. The molecule has 0 bridgehead atoms. The number of hydrogen-bond acceptors (Lipinski definition) is 4. The molecule has 3 nitrogen and oxygen atoms in total. The molecule has 0 fully saturated rings. The average molecular weight is 288 g/mol. The van der Waals surface area contributed by atoms with E-state index in [2.05, 4.69) is 0 Å². The normalized spacial score (nSPS) is 11.2. The number of ether oxygens (including phenoxy) is 1. The van der Waals surface area contributed by atoms with Gasteiger partial charge in [0.15, 0.2) is 0 Å². The molecule has 104 valence electrons. The minimum atomic E-state index is -0.587. The van der Waals surface area contributed by atoms with Crippen molar-refractivity contribution in [1.29, 1.82) is 0 Å². The fourth-order valence-electron chi connectivity index (χ4n) is 1.73. The number of carbonyl (C=O) groups excluding carboxylic acids is 2. The third-order valence-corrected chi connectivity index (χ3v) is 3.40. The lowest BCUT2D eigenvalue weighted by atomic mass is 10.0. The molecule has 0 aliphatic carbocycles. The maximum atomic E-state index is 12.4. The summed E-state index contributed by atoms with van der Waals surface area (Å²) in [4.78, 5) is 25.2. The van der Waals surface area contributed by atoms with Gasteiger partial charge in [0.1, 0.15) is 5.60 Å². The number of carbonyl (C=O) groups is 2. The molecule has 1 aromatic carbocycles. The number of rotatable bonds is 3. The van der Waals surface area contributed by atoms with Gasteiger partial charge in [0.2, 0.25) is 5.78 Å². The summed E-state index contributed by atoms with van der Waals surface area (Å²) < 4.78 is 5.34. The molecule has 4 heteroatoms. The number of hydrogen-bond donors (Lipinski definition) is 0. The first-order valence-electron chi connectivity index (χ1n) is 6.29. The van der Waals surface area contributed by atoms with Crippen LogP contribution in [0.3, 0.4) is 0 Å². The first kappa shape index (κ1) is 14.5. The molecule has 0 spiro atoms. The first-order valence-corrected chi connectivity index (χ1v) is 7.17. The van der Waals surface area contributed by atoms with Gasteiger partial charge in [-0.25, -0.2) is 4.79 Å². The van der Waals surface area contributed by atoms with E-state index in [-0.39, 0.29) is 5.78 Å². The van der Waals surface area contributed by atoms with Crippen LogP contribution in [0.15, 0.2) is 41.8 Å². The van der Waals surface area contributed by atoms with Crippen LogP contribution in [0.25, 0.3) is 0 Å². The Morgan fingerprint density at radius 2 is 1.65 bits per heavy atom. The highest BCUT2D eigenvalue weighted by molar-refractivity contribution is 7.12. The lowest BCUT2D eigenvalue weighted by Gasteiger charge is -2.20. The maximum Gasteiger partial charge on any atom is 0.339 e. The van der Waals surface area contributed by atoms with E-state index in [1.807, 2.05) is 11.4 Å². The molecule has 0 saturated heterocycles. The zero-order chi connectivity index (χ0) is 14.8. The Morgan fingerprint density at radius 3 is 2.20 bits per heavy atom. The molecular formula is C16H16O3S. The minimum absolute atomic E-state index is 0.151. The number of thiophene rings is 1. The van der Waals surface area contributed by atoms with Gasteiger partial charge in [-0.2, -0.15) is 0 Å². The Morgan fingerprint density at radius 1 is 1.00 bits per heavy atom. The molecule has 20 heavy (non-hydrogen) atoms. The van der Waals surface area contributed by atoms with Crippen molar-refractivity contribution in [2.45, 2.75) is 26.4 Å². The highest BCUT2D eigenvalue weighted by Gasteiger charge is 2.23. The van der Waals surface area contributed by atoms with Crippen LogP contribution < -0.4 is 0 Å². The van der Waals surface area contributed by atoms with Crippen LogP contribution in [0.2, 0.25) is 0 Å². The van der Waals surface area contributed by atoms with Crippen molar-refractivity contribution < 1.29 is 14.3 Å². The van der Waals surface area contributed by atoms with Gasteiger partial charge in [0, 0.05) is 5.56 Å². The zero-order valence-electron chi connectivity index (χ0n) is 11.7. The Balaban J connectivity index is 2.36. The average Bonchev–Trinajstić information content (AvgIpc) is 2.89. The molecule has 1 heterocycles. The van der Waals surface area contributed by atoms with Crippen LogP contribution in [-0.2, 0) is 4.74 Å². The van der Waals surface area contributed by atoms with Gasteiger partial charge in [-0.3, -0.25) is 4.79 Å². The van der Waals surface area contributed by atoms with Crippen molar-refractivity contribution in [2.24, 2.45) is 0 Å². The number of ketones is 1. The summed E-state index contributed by atoms with van der Waals surface area (Å²) in [6.45, 7) is 5.40. The predicted molar refractivity (Wildman–Crippen MR) is 79.4 cm³/mol. The van der Waals surface area contributed by atoms with Crippen LogP contribution in [-0.4, -0.2) is 17.4 Å². The van der Waals surface area contributed by atoms with Gasteiger partial charge < -0.3 is 4.74 Å². The third kappa shape index (κ3) is 3.33. The van der Waals surface area contributed by atoms with Crippen LogP contribution in [0.4, 0.5) is 0 Å². The molecule has 2 rings (SSSR count). The van der Waals surface area contributed by atoms with Gasteiger partial charge in [-0.1, -0.05) is 24.3 Å². The molecule has 0 atom stereocenters. The van der Waals surface area contributed by atoms with Crippen molar-refractivity contribution >= 4 is 23.1 Å². The summed E-state index contributed by atoms with van der Waals surface area (Å²) >= 11 is 1.36. The molecule has 0 saturated carbocycles. The van der Waals surface area contributed by atoms with Crippen LogP contribution in [0.1, 0.15) is 46.4 Å². The molecular weight excluding hydrogens is 272 g/mol. The maximum absolute atomic E-state index is 12.4. The second-order valence-electron chi connectivity index (χ2n) is 5.35. The summed E-state index contributed by atoms with van der Waals surface area (Å²) in [5.41, 5.74) is 0.0981. The smallest absolute Gasteiger partial charge is 0.339 e. The van der Waals surface area contributed by atoms with Gasteiger partial charge in [-0.15, -0.1) is 11.3 Å². The standard InChI is InChI=1S/C16H16O3S/c1-16(2,3)19-15(18)12-8-5-4-7-11(12)14(17)13-9-6-10-20-13/h4-10H,1-3H3. The van der Waals surface area contributed by atoms with Crippen LogP contribution in [0.5, 0.6) is 0 Å². The summed E-state index contributed by atoms with van der Waals surface area (Å²) in [7, 11) is 0. The van der Waals surface area contributed by atoms with E-state index >= 15 is 0 Å². The highest BCUT2D eigenvalue weighted by atomic mass is 32.1. The van der Waals surface area contributed by atoms with Crippen molar-refractivity contribution in [3.8, 4) is 0 Å². The lowest BCUT2D eigenvalue weighted by molar-refractivity contribution is 0.00679. The van der Waals surface area contributed by atoms with Gasteiger partial charge in [-0.05, 0) is 38.3 Å². The Labute approximate surface area is 122 Å². The van der Waals surface area contributed by atoms with Crippen molar-refractivity contribution in [1.82, 2.24) is 0 Å². The second kappa shape index (κ2) is 5.59. The molecule has 1 aromatic heterocycles. The van der Waals surface area contributed by atoms with Crippen molar-refractivity contribution in [3.63, 3.8) is 0 Å². The van der Waals surface area contributed by atoms with Crippen molar-refractivity contribution in [2.75, 3.05) is 0 Å². The Kier molecular flexibility index (Phi) is 4.04. The summed E-state index contributed by atoms with van der Waals surface area (Å²) in [5, 5.41) is 1.84. The molecule has 0 radical (unpaired) electrons. The Hall–Kier alpha value is -1.94. The van der Waals surface area contributed by atoms with Gasteiger partial charge in [0.05, 0.1) is 10.4 Å². The van der Waals surface area contributed by atoms with Gasteiger partial charge in [0.25, 0.3) is 0 Å².